The lowest BCUT2D eigenvalue weighted by Crippen LogP contribution is -2.17. The molecule has 0 radical (unpaired) electrons. The zero-order chi connectivity index (χ0) is 14.5. The molecule has 2 aromatic rings. The van der Waals surface area contributed by atoms with Crippen molar-refractivity contribution in [1.82, 2.24) is 5.43 Å². The number of nitro groups is 1. The van der Waals surface area contributed by atoms with Crippen LogP contribution in [-0.4, -0.2) is 17.0 Å². The van der Waals surface area contributed by atoms with E-state index in [-0.39, 0.29) is 5.00 Å². The van der Waals surface area contributed by atoms with E-state index < -0.39 is 10.8 Å². The van der Waals surface area contributed by atoms with Crippen molar-refractivity contribution in [2.24, 2.45) is 5.10 Å². The molecule has 0 aliphatic carbocycles. The summed E-state index contributed by atoms with van der Waals surface area (Å²) in [7, 11) is 0. The maximum Gasteiger partial charge on any atom is 0.324 e. The third-order valence-corrected chi connectivity index (χ3v) is 3.57. The first-order chi connectivity index (χ1) is 9.58. The molecule has 1 N–H and O–H groups in total. The molecule has 0 unspecified atom stereocenters. The van der Waals surface area contributed by atoms with Crippen molar-refractivity contribution in [3.63, 3.8) is 0 Å². The lowest BCUT2D eigenvalue weighted by Gasteiger charge is -2.00. The minimum Gasteiger partial charge on any atom is -0.267 e. The van der Waals surface area contributed by atoms with Crippen molar-refractivity contribution in [2.45, 2.75) is 0 Å². The molecule has 0 bridgehead atoms. The van der Waals surface area contributed by atoms with Gasteiger partial charge in [-0.25, -0.2) is 5.43 Å². The predicted molar refractivity (Wildman–Crippen MR) is 77.5 cm³/mol. The molecule has 1 amide bonds. The number of thiophene rings is 1. The highest BCUT2D eigenvalue weighted by Gasteiger charge is 2.09. The summed E-state index contributed by atoms with van der Waals surface area (Å²) in [4.78, 5) is 22.3. The third-order valence-electron chi connectivity index (χ3n) is 2.27. The number of nitrogens with one attached hydrogen (secondary N) is 1. The number of nitrogens with zero attached hydrogens (tertiary/aromatic N) is 2. The Balaban J connectivity index is 2.01. The van der Waals surface area contributed by atoms with E-state index in [1.807, 2.05) is 0 Å². The van der Waals surface area contributed by atoms with Crippen LogP contribution in [0.1, 0.15) is 15.2 Å². The van der Waals surface area contributed by atoms with Crippen LogP contribution in [0.3, 0.4) is 0 Å². The van der Waals surface area contributed by atoms with E-state index in [0.717, 1.165) is 11.3 Å². The van der Waals surface area contributed by atoms with Crippen molar-refractivity contribution in [2.75, 3.05) is 0 Å². The van der Waals surface area contributed by atoms with Crippen molar-refractivity contribution in [3.05, 3.63) is 62.0 Å². The monoisotopic (exact) mass is 309 g/mol. The number of hydrazone groups is 1. The van der Waals surface area contributed by atoms with E-state index in [9.17, 15) is 14.9 Å². The third kappa shape index (κ3) is 3.40. The van der Waals surface area contributed by atoms with Crippen molar-refractivity contribution in [1.29, 1.82) is 0 Å². The second kappa shape index (κ2) is 6.27. The van der Waals surface area contributed by atoms with Gasteiger partial charge in [-0.2, -0.15) is 5.10 Å². The molecule has 1 heterocycles. The molecule has 0 saturated carbocycles. The molecule has 0 aliphatic rings. The number of carbonyl (C=O) groups is 1. The zero-order valence-corrected chi connectivity index (χ0v) is 11.5. The largest absolute Gasteiger partial charge is 0.324 e. The SMILES string of the molecule is O=C(N/N=C\c1ccc([N+](=O)[O-])s1)c1ccccc1Cl. The van der Waals surface area contributed by atoms with Crippen LogP contribution in [0.2, 0.25) is 5.02 Å². The second-order valence-corrected chi connectivity index (χ2v) is 5.11. The number of carbonyl (C=O) groups excluding carboxylic acids is 1. The average Bonchev–Trinajstić information content (AvgIpc) is 2.88. The van der Waals surface area contributed by atoms with E-state index in [0.29, 0.717) is 15.5 Å². The van der Waals surface area contributed by atoms with Crippen LogP contribution in [-0.2, 0) is 0 Å². The molecule has 0 fully saturated rings. The Morgan fingerprint density at radius 2 is 2.10 bits per heavy atom. The van der Waals surface area contributed by atoms with E-state index in [2.05, 4.69) is 10.5 Å². The fraction of sp³-hybridized carbons (Fsp3) is 0. The second-order valence-electron chi connectivity index (χ2n) is 3.61. The molecular weight excluding hydrogens is 302 g/mol. The highest BCUT2D eigenvalue weighted by Crippen LogP contribution is 2.22. The van der Waals surface area contributed by atoms with Gasteiger partial charge in [-0.15, -0.1) is 0 Å². The molecule has 102 valence electrons. The normalized spacial score (nSPS) is 10.7. The molecule has 6 nitrogen and oxygen atoms in total. The summed E-state index contributed by atoms with van der Waals surface area (Å²) < 4.78 is 0. The summed E-state index contributed by atoms with van der Waals surface area (Å²) in [6, 6.07) is 9.50. The fourth-order valence-electron chi connectivity index (χ4n) is 1.37. The van der Waals surface area contributed by atoms with Gasteiger partial charge in [0.05, 0.1) is 26.6 Å². The topological polar surface area (TPSA) is 84.6 Å². The van der Waals surface area contributed by atoms with Gasteiger partial charge in [0.15, 0.2) is 0 Å². The van der Waals surface area contributed by atoms with Gasteiger partial charge in [0.25, 0.3) is 5.91 Å². The van der Waals surface area contributed by atoms with Crippen molar-refractivity contribution < 1.29 is 9.72 Å². The summed E-state index contributed by atoms with van der Waals surface area (Å²) in [6.07, 6.45) is 1.34. The van der Waals surface area contributed by atoms with Gasteiger partial charge >= 0.3 is 5.00 Å². The molecule has 1 aromatic carbocycles. The number of hydrogen-bond acceptors (Lipinski definition) is 5. The van der Waals surface area contributed by atoms with Crippen molar-refractivity contribution in [3.8, 4) is 0 Å². The maximum atomic E-state index is 11.8. The molecule has 0 aliphatic heterocycles. The van der Waals surface area contributed by atoms with Crippen LogP contribution in [0.15, 0.2) is 41.5 Å². The van der Waals surface area contributed by atoms with Gasteiger partial charge in [-0.3, -0.25) is 14.9 Å². The number of halogens is 1. The predicted octanol–water partition coefficient (Wildman–Crippen LogP) is 3.07. The molecule has 0 spiro atoms. The number of amides is 1. The van der Waals surface area contributed by atoms with Crippen LogP contribution in [0.4, 0.5) is 5.00 Å². The van der Waals surface area contributed by atoms with Crippen LogP contribution in [0.25, 0.3) is 0 Å². The molecule has 8 heteroatoms. The first kappa shape index (κ1) is 14.2. The summed E-state index contributed by atoms with van der Waals surface area (Å²) in [5.41, 5.74) is 2.62. The Hall–Kier alpha value is -2.25. The van der Waals surface area contributed by atoms with Crippen LogP contribution in [0.5, 0.6) is 0 Å². The number of hydrogen-bond donors (Lipinski definition) is 1. The summed E-state index contributed by atoms with van der Waals surface area (Å²) in [5, 5.41) is 14.6. The van der Waals surface area contributed by atoms with E-state index in [4.69, 9.17) is 11.6 Å². The minimum absolute atomic E-state index is 0.0175. The van der Waals surface area contributed by atoms with Crippen LogP contribution in [0, 0.1) is 10.1 Å². The highest BCUT2D eigenvalue weighted by molar-refractivity contribution is 7.16. The maximum absolute atomic E-state index is 11.8. The van der Waals surface area contributed by atoms with E-state index >= 15 is 0 Å². The van der Waals surface area contributed by atoms with Crippen LogP contribution >= 0.6 is 22.9 Å². The minimum atomic E-state index is -0.482. The Morgan fingerprint density at radius 1 is 1.35 bits per heavy atom. The smallest absolute Gasteiger partial charge is 0.267 e. The summed E-state index contributed by atoms with van der Waals surface area (Å²) >= 11 is 6.83. The van der Waals surface area contributed by atoms with Gasteiger partial charge < -0.3 is 0 Å². The quantitative estimate of drug-likeness (QED) is 0.535. The Kier molecular flexibility index (Phi) is 4.44. The number of benzene rings is 1. The molecular formula is C12H8ClN3O3S. The summed E-state index contributed by atoms with van der Waals surface area (Å²) in [5.74, 6) is -0.446. The summed E-state index contributed by atoms with van der Waals surface area (Å²) in [6.45, 7) is 0. The Bertz CT molecular complexity index is 684. The van der Waals surface area contributed by atoms with Crippen LogP contribution < -0.4 is 5.43 Å². The molecule has 0 saturated heterocycles. The molecule has 20 heavy (non-hydrogen) atoms. The standard InChI is InChI=1S/C12H8ClN3O3S/c13-10-4-2-1-3-9(10)12(17)15-14-7-8-5-6-11(20-8)16(18)19/h1-7H,(H,15,17)/b14-7-. The lowest BCUT2D eigenvalue weighted by atomic mass is 10.2. The molecule has 1 aromatic heterocycles. The number of rotatable bonds is 4. The highest BCUT2D eigenvalue weighted by atomic mass is 35.5. The van der Waals surface area contributed by atoms with E-state index in [1.165, 1.54) is 12.3 Å². The van der Waals surface area contributed by atoms with E-state index in [1.54, 1.807) is 30.3 Å². The molecule has 2 rings (SSSR count). The van der Waals surface area contributed by atoms with Gasteiger partial charge in [0, 0.05) is 6.07 Å². The molecule has 0 atom stereocenters. The zero-order valence-electron chi connectivity index (χ0n) is 9.95. The Morgan fingerprint density at radius 3 is 2.75 bits per heavy atom. The average molecular weight is 310 g/mol. The van der Waals surface area contributed by atoms with Gasteiger partial charge in [-0.05, 0) is 18.2 Å². The first-order valence-corrected chi connectivity index (χ1v) is 6.59. The van der Waals surface area contributed by atoms with Gasteiger partial charge in [0.2, 0.25) is 0 Å². The van der Waals surface area contributed by atoms with Gasteiger partial charge in [-0.1, -0.05) is 35.1 Å². The van der Waals surface area contributed by atoms with Crippen molar-refractivity contribution >= 4 is 40.1 Å². The first-order valence-electron chi connectivity index (χ1n) is 5.40. The fourth-order valence-corrected chi connectivity index (χ4v) is 2.28. The Labute approximate surface area is 122 Å². The van der Waals surface area contributed by atoms with Gasteiger partial charge in [0.1, 0.15) is 0 Å². The lowest BCUT2D eigenvalue weighted by molar-refractivity contribution is -0.380.